The number of aliphatic carboxylic acids is 1. The van der Waals surface area contributed by atoms with Crippen LogP contribution in [0, 0.1) is 5.41 Å². The van der Waals surface area contributed by atoms with E-state index in [1.165, 1.54) is 0 Å². The van der Waals surface area contributed by atoms with Gasteiger partial charge in [-0.3, -0.25) is 0 Å². The van der Waals surface area contributed by atoms with Gasteiger partial charge in [0.25, 0.3) is 0 Å². The topological polar surface area (TPSA) is 75.6 Å². The molecule has 1 amide bonds. The fourth-order valence-electron chi connectivity index (χ4n) is 0.939. The molecule has 0 aromatic heterocycles. The Morgan fingerprint density at radius 3 is 2.21 bits per heavy atom. The van der Waals surface area contributed by atoms with Gasteiger partial charge in [0.05, 0.1) is 6.61 Å². The maximum absolute atomic E-state index is 11.0. The van der Waals surface area contributed by atoms with E-state index in [-0.39, 0.29) is 6.61 Å². The first-order chi connectivity index (χ1) is 6.29. The van der Waals surface area contributed by atoms with Gasteiger partial charge in [-0.05, 0) is 12.3 Å². The highest BCUT2D eigenvalue weighted by atomic mass is 16.5. The highest BCUT2D eigenvalue weighted by Crippen LogP contribution is 2.19. The van der Waals surface area contributed by atoms with Gasteiger partial charge in [-0.2, -0.15) is 0 Å². The summed E-state index contributed by atoms with van der Waals surface area (Å²) in [6, 6.07) is -0.943. The molecule has 0 aliphatic carbocycles. The smallest absolute Gasteiger partial charge is 0.407 e. The minimum absolute atomic E-state index is 0.225. The van der Waals surface area contributed by atoms with E-state index in [1.54, 1.807) is 27.7 Å². The zero-order chi connectivity index (χ0) is 11.4. The summed E-state index contributed by atoms with van der Waals surface area (Å²) < 4.78 is 4.60. The fraction of sp³-hybridized carbons (Fsp3) is 0.778. The molecule has 0 aromatic carbocycles. The molecule has 0 aromatic rings. The van der Waals surface area contributed by atoms with Gasteiger partial charge < -0.3 is 15.2 Å². The van der Waals surface area contributed by atoms with Crippen molar-refractivity contribution in [3.05, 3.63) is 0 Å². The number of carbonyl (C=O) groups is 2. The maximum atomic E-state index is 11.0. The standard InChI is InChI=1S/C9H17NO4/c1-5-14-8(13)10-6(7(11)12)9(2,3)4/h6H,5H2,1-4H3,(H,10,13)(H,11,12)/t6-/m0/s1. The minimum Gasteiger partial charge on any atom is -0.480 e. The van der Waals surface area contributed by atoms with Crippen molar-refractivity contribution < 1.29 is 19.4 Å². The van der Waals surface area contributed by atoms with Crippen LogP contribution in [0.15, 0.2) is 0 Å². The largest absolute Gasteiger partial charge is 0.480 e. The van der Waals surface area contributed by atoms with Gasteiger partial charge in [-0.15, -0.1) is 0 Å². The normalized spacial score (nSPS) is 13.1. The van der Waals surface area contributed by atoms with Crippen LogP contribution in [0.4, 0.5) is 4.79 Å². The van der Waals surface area contributed by atoms with Crippen LogP contribution in [0.1, 0.15) is 27.7 Å². The Kier molecular flexibility index (Phi) is 4.40. The molecule has 14 heavy (non-hydrogen) atoms. The molecule has 0 heterocycles. The van der Waals surface area contributed by atoms with Gasteiger partial charge in [0.15, 0.2) is 0 Å². The number of carbonyl (C=O) groups excluding carboxylic acids is 1. The van der Waals surface area contributed by atoms with Gasteiger partial charge >= 0.3 is 12.1 Å². The molecule has 0 rings (SSSR count). The molecule has 2 N–H and O–H groups in total. The molecule has 0 saturated heterocycles. The van der Waals surface area contributed by atoms with Crippen molar-refractivity contribution in [2.45, 2.75) is 33.7 Å². The van der Waals surface area contributed by atoms with Crippen molar-refractivity contribution in [1.82, 2.24) is 5.32 Å². The van der Waals surface area contributed by atoms with Crippen molar-refractivity contribution in [3.8, 4) is 0 Å². The molecule has 5 heteroatoms. The van der Waals surface area contributed by atoms with Crippen molar-refractivity contribution >= 4 is 12.1 Å². The average Bonchev–Trinajstić information content (AvgIpc) is 1.98. The molecule has 0 fully saturated rings. The molecule has 1 atom stereocenters. The van der Waals surface area contributed by atoms with Crippen LogP contribution in [-0.4, -0.2) is 29.8 Å². The number of ether oxygens (including phenoxy) is 1. The van der Waals surface area contributed by atoms with Crippen molar-refractivity contribution in [2.75, 3.05) is 6.61 Å². The van der Waals surface area contributed by atoms with Crippen LogP contribution >= 0.6 is 0 Å². The number of alkyl carbamates (subject to hydrolysis) is 1. The van der Waals surface area contributed by atoms with Crippen LogP contribution in [0.3, 0.4) is 0 Å². The van der Waals surface area contributed by atoms with Gasteiger partial charge in [0.1, 0.15) is 6.04 Å². The van der Waals surface area contributed by atoms with Gasteiger partial charge in [-0.25, -0.2) is 9.59 Å². The Labute approximate surface area is 83.4 Å². The first kappa shape index (κ1) is 12.7. The molecule has 0 unspecified atom stereocenters. The van der Waals surface area contributed by atoms with E-state index in [0.717, 1.165) is 0 Å². The number of nitrogens with one attached hydrogen (secondary N) is 1. The van der Waals surface area contributed by atoms with Crippen LogP contribution in [0.2, 0.25) is 0 Å². The van der Waals surface area contributed by atoms with Gasteiger partial charge in [0.2, 0.25) is 0 Å². The van der Waals surface area contributed by atoms with Crippen molar-refractivity contribution in [3.63, 3.8) is 0 Å². The van der Waals surface area contributed by atoms with Crippen LogP contribution in [0.5, 0.6) is 0 Å². The molecule has 5 nitrogen and oxygen atoms in total. The Balaban J connectivity index is 4.40. The maximum Gasteiger partial charge on any atom is 0.407 e. The predicted molar refractivity (Wildman–Crippen MR) is 51.0 cm³/mol. The number of carboxylic acid groups (broad SMARTS) is 1. The molecule has 0 aliphatic heterocycles. The van der Waals surface area contributed by atoms with Crippen molar-refractivity contribution in [2.24, 2.45) is 5.41 Å². The monoisotopic (exact) mass is 203 g/mol. The van der Waals surface area contributed by atoms with E-state index in [2.05, 4.69) is 10.1 Å². The summed E-state index contributed by atoms with van der Waals surface area (Å²) in [6.07, 6.45) is -0.699. The second-order valence-corrected chi connectivity index (χ2v) is 4.00. The second-order valence-electron chi connectivity index (χ2n) is 4.00. The van der Waals surface area contributed by atoms with E-state index in [0.29, 0.717) is 0 Å². The summed E-state index contributed by atoms with van der Waals surface area (Å²) >= 11 is 0. The lowest BCUT2D eigenvalue weighted by Crippen LogP contribution is -2.49. The number of hydrogen-bond acceptors (Lipinski definition) is 3. The predicted octanol–water partition coefficient (Wildman–Crippen LogP) is 1.23. The SMILES string of the molecule is CCOC(=O)N[C@@H](C(=O)O)C(C)(C)C. The Bertz CT molecular complexity index is 219. The van der Waals surface area contributed by atoms with Gasteiger partial charge in [-0.1, -0.05) is 20.8 Å². The lowest BCUT2D eigenvalue weighted by atomic mass is 9.87. The molecule has 0 spiro atoms. The first-order valence-electron chi connectivity index (χ1n) is 4.45. The summed E-state index contributed by atoms with van der Waals surface area (Å²) in [6.45, 7) is 7.09. The number of rotatable bonds is 3. The molecular formula is C9H17NO4. The summed E-state index contributed by atoms with van der Waals surface area (Å²) in [4.78, 5) is 21.8. The van der Waals surface area contributed by atoms with E-state index in [1.807, 2.05) is 0 Å². The fourth-order valence-corrected chi connectivity index (χ4v) is 0.939. The highest BCUT2D eigenvalue weighted by Gasteiger charge is 2.32. The van der Waals surface area contributed by atoms with Crippen LogP contribution in [0.25, 0.3) is 0 Å². The van der Waals surface area contributed by atoms with E-state index >= 15 is 0 Å². The lowest BCUT2D eigenvalue weighted by Gasteiger charge is -2.27. The quantitative estimate of drug-likeness (QED) is 0.723. The van der Waals surface area contributed by atoms with Gasteiger partial charge in [0, 0.05) is 0 Å². The number of hydrogen-bond donors (Lipinski definition) is 2. The van der Waals surface area contributed by atoms with Crippen LogP contribution in [-0.2, 0) is 9.53 Å². The summed E-state index contributed by atoms with van der Waals surface area (Å²) in [5.74, 6) is -1.06. The van der Waals surface area contributed by atoms with E-state index in [4.69, 9.17) is 5.11 Å². The third kappa shape index (κ3) is 4.11. The van der Waals surface area contributed by atoms with E-state index in [9.17, 15) is 9.59 Å². The summed E-state index contributed by atoms with van der Waals surface area (Å²) in [7, 11) is 0. The third-order valence-corrected chi connectivity index (χ3v) is 1.65. The Morgan fingerprint density at radius 2 is 1.93 bits per heavy atom. The molecule has 82 valence electrons. The Hall–Kier alpha value is -1.26. The average molecular weight is 203 g/mol. The molecule has 0 aliphatic rings. The summed E-state index contributed by atoms with van der Waals surface area (Å²) in [5.41, 5.74) is -0.543. The van der Waals surface area contributed by atoms with Crippen molar-refractivity contribution in [1.29, 1.82) is 0 Å². The zero-order valence-electron chi connectivity index (χ0n) is 8.96. The zero-order valence-corrected chi connectivity index (χ0v) is 8.96. The molecular weight excluding hydrogens is 186 g/mol. The Morgan fingerprint density at radius 1 is 1.43 bits per heavy atom. The molecule has 0 saturated carbocycles. The third-order valence-electron chi connectivity index (χ3n) is 1.65. The van der Waals surface area contributed by atoms with Crippen LogP contribution < -0.4 is 5.32 Å². The molecule has 0 radical (unpaired) electrons. The minimum atomic E-state index is -1.06. The summed E-state index contributed by atoms with van der Waals surface area (Å²) in [5, 5.41) is 11.2. The first-order valence-corrected chi connectivity index (χ1v) is 4.45. The number of amides is 1. The second kappa shape index (κ2) is 4.83. The molecule has 0 bridgehead atoms. The van der Waals surface area contributed by atoms with E-state index < -0.39 is 23.5 Å². The number of carboxylic acids is 1. The highest BCUT2D eigenvalue weighted by molar-refractivity contribution is 5.80. The lowest BCUT2D eigenvalue weighted by molar-refractivity contribution is -0.142.